The predicted octanol–water partition coefficient (Wildman–Crippen LogP) is 1.32. The number of halogens is 1. The molecule has 2 rings (SSSR count). The summed E-state index contributed by atoms with van der Waals surface area (Å²) in [7, 11) is 2.02. The Morgan fingerprint density at radius 2 is 2.20 bits per heavy atom. The molecular formula is C10H15ClN4. The normalized spacial score (nSPS) is 18.1. The summed E-state index contributed by atoms with van der Waals surface area (Å²) >= 11 is 5.76. The summed E-state index contributed by atoms with van der Waals surface area (Å²) in [4.78, 5) is 10.3. The van der Waals surface area contributed by atoms with Crippen LogP contribution in [0.1, 0.15) is 12.8 Å². The molecule has 0 saturated carbocycles. The maximum Gasteiger partial charge on any atom is 0.224 e. The van der Waals surface area contributed by atoms with Gasteiger partial charge in [0.15, 0.2) is 0 Å². The van der Waals surface area contributed by atoms with Crippen molar-refractivity contribution in [3.63, 3.8) is 0 Å². The molecule has 0 amide bonds. The molecule has 0 aliphatic carbocycles. The Morgan fingerprint density at radius 3 is 2.80 bits per heavy atom. The highest BCUT2D eigenvalue weighted by molar-refractivity contribution is 6.28. The van der Waals surface area contributed by atoms with Gasteiger partial charge in [-0.3, -0.25) is 0 Å². The summed E-state index contributed by atoms with van der Waals surface area (Å²) in [5.74, 6) is 0.935. The maximum atomic E-state index is 5.76. The molecule has 1 fully saturated rings. The van der Waals surface area contributed by atoms with Crippen LogP contribution in [0.4, 0.5) is 5.82 Å². The average molecular weight is 227 g/mol. The quantitative estimate of drug-likeness (QED) is 0.773. The van der Waals surface area contributed by atoms with Crippen LogP contribution in [-0.2, 0) is 0 Å². The summed E-state index contributed by atoms with van der Waals surface area (Å²) in [6, 6.07) is 2.55. The minimum Gasteiger partial charge on any atom is -0.356 e. The molecule has 1 aromatic rings. The molecule has 1 aromatic heterocycles. The van der Waals surface area contributed by atoms with Crippen molar-refractivity contribution in [1.29, 1.82) is 0 Å². The SMILES string of the molecule is CNC1CCN(c2ccnc(Cl)n2)CC1. The van der Waals surface area contributed by atoms with Crippen LogP contribution in [0, 0.1) is 0 Å². The summed E-state index contributed by atoms with van der Waals surface area (Å²) in [6.45, 7) is 2.05. The van der Waals surface area contributed by atoms with Gasteiger partial charge in [-0.1, -0.05) is 0 Å². The molecule has 0 aromatic carbocycles. The summed E-state index contributed by atoms with van der Waals surface area (Å²) < 4.78 is 0. The molecule has 0 atom stereocenters. The first-order valence-electron chi connectivity index (χ1n) is 5.20. The molecule has 1 aliphatic heterocycles. The van der Waals surface area contributed by atoms with Crippen LogP contribution in [0.3, 0.4) is 0 Å². The molecule has 0 bridgehead atoms. The molecule has 5 heteroatoms. The zero-order chi connectivity index (χ0) is 10.7. The first kappa shape index (κ1) is 10.6. The third kappa shape index (κ3) is 2.58. The van der Waals surface area contributed by atoms with Gasteiger partial charge >= 0.3 is 0 Å². The molecule has 0 spiro atoms. The molecular weight excluding hydrogens is 212 g/mol. The van der Waals surface area contributed by atoms with Crippen LogP contribution < -0.4 is 10.2 Å². The van der Waals surface area contributed by atoms with Crippen LogP contribution >= 0.6 is 11.6 Å². The van der Waals surface area contributed by atoms with Crippen LogP contribution in [0.5, 0.6) is 0 Å². The molecule has 1 N–H and O–H groups in total. The Hall–Kier alpha value is -0.870. The van der Waals surface area contributed by atoms with Gasteiger partial charge in [0.05, 0.1) is 0 Å². The van der Waals surface area contributed by atoms with Gasteiger partial charge in [0.25, 0.3) is 0 Å². The van der Waals surface area contributed by atoms with Crippen LogP contribution in [-0.4, -0.2) is 36.1 Å². The fourth-order valence-corrected chi connectivity index (χ4v) is 2.04. The van der Waals surface area contributed by atoms with E-state index in [4.69, 9.17) is 11.6 Å². The lowest BCUT2D eigenvalue weighted by Crippen LogP contribution is -2.41. The Balaban J connectivity index is 2.01. The summed E-state index contributed by atoms with van der Waals surface area (Å²) in [5, 5.41) is 3.62. The van der Waals surface area contributed by atoms with Gasteiger partial charge in [0.1, 0.15) is 5.82 Å². The Morgan fingerprint density at radius 1 is 1.47 bits per heavy atom. The third-order valence-corrected chi connectivity index (χ3v) is 3.02. The van der Waals surface area contributed by atoms with Crippen molar-refractivity contribution >= 4 is 17.4 Å². The van der Waals surface area contributed by atoms with Gasteiger partial charge < -0.3 is 10.2 Å². The Kier molecular flexibility index (Phi) is 3.38. The molecule has 0 radical (unpaired) electrons. The van der Waals surface area contributed by atoms with Crippen LogP contribution in [0.2, 0.25) is 5.28 Å². The van der Waals surface area contributed by atoms with E-state index < -0.39 is 0 Å². The van der Waals surface area contributed by atoms with E-state index in [1.165, 1.54) is 0 Å². The zero-order valence-electron chi connectivity index (χ0n) is 8.78. The number of rotatable bonds is 2. The number of nitrogens with zero attached hydrogens (tertiary/aromatic N) is 3. The van der Waals surface area contributed by atoms with Gasteiger partial charge in [-0.25, -0.2) is 9.97 Å². The fraction of sp³-hybridized carbons (Fsp3) is 0.600. The summed E-state index contributed by atoms with van der Waals surface area (Å²) in [5.41, 5.74) is 0. The van der Waals surface area contributed by atoms with Gasteiger partial charge in [-0.15, -0.1) is 0 Å². The van der Waals surface area contributed by atoms with E-state index in [1.807, 2.05) is 13.1 Å². The van der Waals surface area contributed by atoms with Crippen LogP contribution in [0.15, 0.2) is 12.3 Å². The minimum absolute atomic E-state index is 0.322. The zero-order valence-corrected chi connectivity index (χ0v) is 9.54. The van der Waals surface area contributed by atoms with Crippen molar-refractivity contribution in [3.8, 4) is 0 Å². The number of nitrogens with one attached hydrogen (secondary N) is 1. The van der Waals surface area contributed by atoms with Gasteiger partial charge in [0.2, 0.25) is 5.28 Å². The standard InChI is InChI=1S/C10H15ClN4/c1-12-8-3-6-15(7-4-8)9-2-5-13-10(11)14-9/h2,5,8,12H,3-4,6-7H2,1H3. The van der Waals surface area contributed by atoms with E-state index in [9.17, 15) is 0 Å². The number of piperidine rings is 1. The fourth-order valence-electron chi connectivity index (χ4n) is 1.90. The van der Waals surface area contributed by atoms with E-state index in [1.54, 1.807) is 6.20 Å². The first-order valence-corrected chi connectivity index (χ1v) is 5.58. The minimum atomic E-state index is 0.322. The maximum absolute atomic E-state index is 5.76. The van der Waals surface area contributed by atoms with Gasteiger partial charge in [-0.2, -0.15) is 0 Å². The second-order valence-corrected chi connectivity index (χ2v) is 4.07. The van der Waals surface area contributed by atoms with E-state index in [0.29, 0.717) is 11.3 Å². The lowest BCUT2D eigenvalue weighted by Gasteiger charge is -2.32. The largest absolute Gasteiger partial charge is 0.356 e. The van der Waals surface area contributed by atoms with Crippen LogP contribution in [0.25, 0.3) is 0 Å². The van der Waals surface area contributed by atoms with E-state index >= 15 is 0 Å². The topological polar surface area (TPSA) is 41.0 Å². The number of hydrogen-bond acceptors (Lipinski definition) is 4. The van der Waals surface area contributed by atoms with Crippen molar-refractivity contribution in [2.75, 3.05) is 25.0 Å². The Bertz CT molecular complexity index is 323. The monoisotopic (exact) mass is 226 g/mol. The molecule has 1 aliphatic rings. The number of anilines is 1. The van der Waals surface area contributed by atoms with Gasteiger partial charge in [-0.05, 0) is 37.6 Å². The Labute approximate surface area is 94.7 Å². The molecule has 82 valence electrons. The molecule has 0 unspecified atom stereocenters. The molecule has 4 nitrogen and oxygen atoms in total. The molecule has 1 saturated heterocycles. The van der Waals surface area contributed by atoms with Crippen molar-refractivity contribution in [2.24, 2.45) is 0 Å². The second-order valence-electron chi connectivity index (χ2n) is 3.73. The highest BCUT2D eigenvalue weighted by Gasteiger charge is 2.18. The average Bonchev–Trinajstić information content (AvgIpc) is 2.29. The van der Waals surface area contributed by atoms with Crippen molar-refractivity contribution in [2.45, 2.75) is 18.9 Å². The smallest absolute Gasteiger partial charge is 0.224 e. The van der Waals surface area contributed by atoms with E-state index in [-0.39, 0.29) is 0 Å². The van der Waals surface area contributed by atoms with Crippen molar-refractivity contribution in [1.82, 2.24) is 15.3 Å². The highest BCUT2D eigenvalue weighted by Crippen LogP contribution is 2.18. The molecule has 15 heavy (non-hydrogen) atoms. The number of aromatic nitrogens is 2. The lowest BCUT2D eigenvalue weighted by molar-refractivity contribution is 0.440. The highest BCUT2D eigenvalue weighted by atomic mass is 35.5. The second kappa shape index (κ2) is 4.77. The third-order valence-electron chi connectivity index (χ3n) is 2.84. The van der Waals surface area contributed by atoms with Gasteiger partial charge in [0, 0.05) is 25.3 Å². The summed E-state index contributed by atoms with van der Waals surface area (Å²) in [6.07, 6.45) is 4.01. The van der Waals surface area contributed by atoms with Crippen molar-refractivity contribution in [3.05, 3.63) is 17.5 Å². The van der Waals surface area contributed by atoms with Crippen molar-refractivity contribution < 1.29 is 0 Å². The lowest BCUT2D eigenvalue weighted by atomic mass is 10.1. The first-order chi connectivity index (χ1) is 7.29. The van der Waals surface area contributed by atoms with E-state index in [2.05, 4.69) is 20.2 Å². The van der Waals surface area contributed by atoms with E-state index in [0.717, 1.165) is 31.7 Å². The predicted molar refractivity (Wildman–Crippen MR) is 61.3 cm³/mol. The molecule has 2 heterocycles. The number of hydrogen-bond donors (Lipinski definition) is 1.